The number of hydrogen-bond donors (Lipinski definition) is 4. The van der Waals surface area contributed by atoms with E-state index in [1.807, 2.05) is 45.9 Å². The average molecular weight is 429 g/mol. The van der Waals surface area contributed by atoms with Gasteiger partial charge in [-0.3, -0.25) is 4.79 Å². The van der Waals surface area contributed by atoms with Gasteiger partial charge in [0, 0.05) is 11.6 Å². The van der Waals surface area contributed by atoms with Crippen LogP contribution in [0.3, 0.4) is 0 Å². The summed E-state index contributed by atoms with van der Waals surface area (Å²) in [6, 6.07) is 7.70. The Morgan fingerprint density at radius 1 is 1.13 bits per heavy atom. The zero-order valence-corrected chi connectivity index (χ0v) is 18.4. The Hall–Kier alpha value is -3.19. The van der Waals surface area contributed by atoms with Crippen molar-refractivity contribution < 1.29 is 24.2 Å². The number of carboxylic acids is 1. The second-order valence-corrected chi connectivity index (χ2v) is 7.89. The standard InChI is InChI=1S/C24H29FN2O4/c1-13(2)26-21-7-6-17(11-20(21)25)19-10-14(3)18(8-15(19)4)9-16(5)23(29)27-22(12-28)24(30)31/h6-11,13,22,26,28H,12H2,1-5H3,(H,27,29)(H,30,31)/t22-/m1/s1. The number of hydrogen-bond acceptors (Lipinski definition) is 4. The van der Waals surface area contributed by atoms with Crippen LogP contribution in [-0.4, -0.2) is 40.8 Å². The highest BCUT2D eigenvalue weighted by atomic mass is 19.1. The molecule has 166 valence electrons. The number of halogens is 1. The van der Waals surface area contributed by atoms with Crippen LogP contribution in [0.4, 0.5) is 10.1 Å². The summed E-state index contributed by atoms with van der Waals surface area (Å²) in [6.07, 6.45) is 1.66. The highest BCUT2D eigenvalue weighted by Gasteiger charge is 2.19. The molecule has 0 aromatic heterocycles. The van der Waals surface area contributed by atoms with Gasteiger partial charge in [0.15, 0.2) is 6.04 Å². The largest absolute Gasteiger partial charge is 0.480 e. The van der Waals surface area contributed by atoms with Crippen molar-refractivity contribution >= 4 is 23.6 Å². The highest BCUT2D eigenvalue weighted by molar-refractivity contribution is 5.99. The Morgan fingerprint density at radius 3 is 2.35 bits per heavy atom. The van der Waals surface area contributed by atoms with Crippen LogP contribution in [0.25, 0.3) is 17.2 Å². The summed E-state index contributed by atoms with van der Waals surface area (Å²) in [5.74, 6) is -2.20. The van der Waals surface area contributed by atoms with Crippen molar-refractivity contribution in [2.24, 2.45) is 0 Å². The summed E-state index contributed by atoms with van der Waals surface area (Å²) in [6.45, 7) is 8.57. The molecule has 0 aliphatic carbocycles. The fourth-order valence-electron chi connectivity index (χ4n) is 3.17. The molecule has 0 fully saturated rings. The third-order valence-corrected chi connectivity index (χ3v) is 4.85. The first-order valence-electron chi connectivity index (χ1n) is 10.0. The number of aryl methyl sites for hydroxylation is 2. The summed E-state index contributed by atoms with van der Waals surface area (Å²) >= 11 is 0. The van der Waals surface area contributed by atoms with Gasteiger partial charge in [-0.05, 0) is 80.6 Å². The van der Waals surface area contributed by atoms with E-state index in [-0.39, 0.29) is 11.9 Å². The van der Waals surface area contributed by atoms with Crippen LogP contribution in [0.15, 0.2) is 35.9 Å². The number of aliphatic hydroxyl groups excluding tert-OH is 1. The smallest absolute Gasteiger partial charge is 0.328 e. The van der Waals surface area contributed by atoms with E-state index < -0.39 is 24.5 Å². The molecule has 31 heavy (non-hydrogen) atoms. The first-order valence-corrected chi connectivity index (χ1v) is 10.0. The zero-order valence-electron chi connectivity index (χ0n) is 18.4. The van der Waals surface area contributed by atoms with Gasteiger partial charge in [-0.1, -0.05) is 18.2 Å². The normalized spacial score (nSPS) is 12.6. The second kappa shape index (κ2) is 10.2. The molecule has 0 aliphatic rings. The number of amides is 1. The Labute approximate surface area is 181 Å². The van der Waals surface area contributed by atoms with Crippen LogP contribution in [0.1, 0.15) is 37.5 Å². The molecule has 6 nitrogen and oxygen atoms in total. The molecule has 2 aromatic rings. The van der Waals surface area contributed by atoms with E-state index in [2.05, 4.69) is 10.6 Å². The molecule has 0 aliphatic heterocycles. The lowest BCUT2D eigenvalue weighted by atomic mass is 9.94. The predicted octanol–water partition coefficient (Wildman–Crippen LogP) is 3.89. The Kier molecular flexibility index (Phi) is 7.94. The molecule has 0 saturated carbocycles. The third kappa shape index (κ3) is 6.15. The molecule has 0 radical (unpaired) electrons. The second-order valence-electron chi connectivity index (χ2n) is 7.89. The van der Waals surface area contributed by atoms with Crippen LogP contribution in [0.5, 0.6) is 0 Å². The van der Waals surface area contributed by atoms with E-state index in [1.54, 1.807) is 19.1 Å². The molecule has 1 amide bonds. The quantitative estimate of drug-likeness (QED) is 0.478. The van der Waals surface area contributed by atoms with Crippen molar-refractivity contribution in [1.82, 2.24) is 5.32 Å². The first kappa shape index (κ1) is 24.1. The molecule has 0 heterocycles. The Bertz CT molecular complexity index is 1010. The summed E-state index contributed by atoms with van der Waals surface area (Å²) < 4.78 is 14.5. The topological polar surface area (TPSA) is 98.7 Å². The molecule has 0 saturated heterocycles. The fraction of sp³-hybridized carbons (Fsp3) is 0.333. The minimum Gasteiger partial charge on any atom is -0.480 e. The molecule has 0 spiro atoms. The van der Waals surface area contributed by atoms with Crippen molar-refractivity contribution in [2.75, 3.05) is 11.9 Å². The van der Waals surface area contributed by atoms with Gasteiger partial charge < -0.3 is 20.8 Å². The van der Waals surface area contributed by atoms with Gasteiger partial charge in [-0.25, -0.2) is 9.18 Å². The minimum atomic E-state index is -1.36. The van der Waals surface area contributed by atoms with E-state index in [9.17, 15) is 14.0 Å². The summed E-state index contributed by atoms with van der Waals surface area (Å²) in [5.41, 5.74) is 5.00. The number of anilines is 1. The fourth-order valence-corrected chi connectivity index (χ4v) is 3.17. The number of aliphatic carboxylic acids is 1. The van der Waals surface area contributed by atoms with E-state index >= 15 is 0 Å². The van der Waals surface area contributed by atoms with Gasteiger partial charge in [0.1, 0.15) is 5.82 Å². The van der Waals surface area contributed by atoms with E-state index in [1.165, 1.54) is 6.07 Å². The number of rotatable bonds is 8. The number of carbonyl (C=O) groups excluding carboxylic acids is 1. The van der Waals surface area contributed by atoms with Gasteiger partial charge in [0.25, 0.3) is 0 Å². The van der Waals surface area contributed by atoms with E-state index in [4.69, 9.17) is 10.2 Å². The minimum absolute atomic E-state index is 0.124. The summed E-state index contributed by atoms with van der Waals surface area (Å²) in [7, 11) is 0. The number of carboxylic acid groups (broad SMARTS) is 1. The van der Waals surface area contributed by atoms with Gasteiger partial charge >= 0.3 is 5.97 Å². The molecule has 2 rings (SSSR count). The lowest BCUT2D eigenvalue weighted by Crippen LogP contribution is -2.43. The molecular weight excluding hydrogens is 399 g/mol. The van der Waals surface area contributed by atoms with Crippen LogP contribution in [0, 0.1) is 19.7 Å². The van der Waals surface area contributed by atoms with Gasteiger partial charge in [-0.15, -0.1) is 0 Å². The van der Waals surface area contributed by atoms with Gasteiger partial charge in [0.2, 0.25) is 5.91 Å². The van der Waals surface area contributed by atoms with Crippen molar-refractivity contribution in [1.29, 1.82) is 0 Å². The maximum atomic E-state index is 14.5. The lowest BCUT2D eigenvalue weighted by Gasteiger charge is -2.15. The Balaban J connectivity index is 2.32. The van der Waals surface area contributed by atoms with Crippen molar-refractivity contribution in [3.8, 4) is 11.1 Å². The first-order chi connectivity index (χ1) is 14.5. The van der Waals surface area contributed by atoms with Crippen LogP contribution < -0.4 is 10.6 Å². The summed E-state index contributed by atoms with van der Waals surface area (Å²) in [5, 5.41) is 23.4. The molecule has 7 heteroatoms. The highest BCUT2D eigenvalue weighted by Crippen LogP contribution is 2.30. The molecule has 2 aromatic carbocycles. The SMILES string of the molecule is CC(=Cc1cc(C)c(-c2ccc(NC(C)C)c(F)c2)cc1C)C(=O)N[C@H](CO)C(=O)O. The number of nitrogens with one attached hydrogen (secondary N) is 2. The summed E-state index contributed by atoms with van der Waals surface area (Å²) in [4.78, 5) is 23.2. The van der Waals surface area contributed by atoms with Crippen LogP contribution >= 0.6 is 0 Å². The van der Waals surface area contributed by atoms with Crippen molar-refractivity contribution in [3.05, 3.63) is 58.4 Å². The predicted molar refractivity (Wildman–Crippen MR) is 120 cm³/mol. The Morgan fingerprint density at radius 2 is 1.81 bits per heavy atom. The molecular formula is C24H29FN2O4. The zero-order chi connectivity index (χ0) is 23.3. The van der Waals surface area contributed by atoms with Crippen LogP contribution in [-0.2, 0) is 9.59 Å². The third-order valence-electron chi connectivity index (χ3n) is 4.85. The van der Waals surface area contributed by atoms with Gasteiger partial charge in [-0.2, -0.15) is 0 Å². The maximum absolute atomic E-state index is 14.5. The number of benzene rings is 2. The lowest BCUT2D eigenvalue weighted by molar-refractivity contribution is -0.142. The average Bonchev–Trinajstić information content (AvgIpc) is 2.69. The maximum Gasteiger partial charge on any atom is 0.328 e. The van der Waals surface area contributed by atoms with Crippen molar-refractivity contribution in [2.45, 2.75) is 46.7 Å². The number of aliphatic hydroxyl groups is 1. The molecule has 1 atom stereocenters. The van der Waals surface area contributed by atoms with Crippen molar-refractivity contribution in [3.63, 3.8) is 0 Å². The molecule has 0 unspecified atom stereocenters. The van der Waals surface area contributed by atoms with E-state index in [0.717, 1.165) is 27.8 Å². The van der Waals surface area contributed by atoms with E-state index in [0.29, 0.717) is 11.3 Å². The number of carbonyl (C=O) groups is 2. The monoisotopic (exact) mass is 428 g/mol. The van der Waals surface area contributed by atoms with Crippen LogP contribution in [0.2, 0.25) is 0 Å². The van der Waals surface area contributed by atoms with Gasteiger partial charge in [0.05, 0.1) is 12.3 Å². The molecule has 0 bridgehead atoms. The molecule has 4 N–H and O–H groups in total.